The number of hydrogen-bond donors (Lipinski definition) is 0. The lowest BCUT2D eigenvalue weighted by Crippen LogP contribution is -1.97. The summed E-state index contributed by atoms with van der Waals surface area (Å²) in [5, 5.41) is 10.8. The van der Waals surface area contributed by atoms with Crippen molar-refractivity contribution in [2.45, 2.75) is 18.8 Å². The van der Waals surface area contributed by atoms with Crippen molar-refractivity contribution in [1.82, 2.24) is 0 Å². The molecule has 1 aliphatic carbocycles. The van der Waals surface area contributed by atoms with Crippen molar-refractivity contribution in [3.63, 3.8) is 0 Å². The number of rotatable bonds is 3. The molecule has 0 unspecified atom stereocenters. The van der Waals surface area contributed by atoms with Crippen LogP contribution in [0.2, 0.25) is 0 Å². The van der Waals surface area contributed by atoms with Gasteiger partial charge in [0.2, 0.25) is 0 Å². The van der Waals surface area contributed by atoms with E-state index in [1.54, 1.807) is 6.07 Å². The third-order valence-electron chi connectivity index (χ3n) is 2.69. The summed E-state index contributed by atoms with van der Waals surface area (Å²) >= 11 is 0. The maximum absolute atomic E-state index is 10.8. The van der Waals surface area contributed by atoms with Crippen LogP contribution in [-0.2, 0) is 0 Å². The molecule has 1 aliphatic rings. The van der Waals surface area contributed by atoms with Crippen molar-refractivity contribution >= 4 is 5.69 Å². The van der Waals surface area contributed by atoms with E-state index in [-0.39, 0.29) is 5.69 Å². The molecule has 0 aliphatic heterocycles. The van der Waals surface area contributed by atoms with Crippen LogP contribution in [0.5, 0.6) is 5.75 Å². The van der Waals surface area contributed by atoms with Gasteiger partial charge in [-0.3, -0.25) is 10.1 Å². The van der Waals surface area contributed by atoms with E-state index in [2.05, 4.69) is 5.92 Å². The summed E-state index contributed by atoms with van der Waals surface area (Å²) in [7, 11) is 1.54. The number of non-ortho nitro benzene ring substituents is 1. The Labute approximate surface area is 93.4 Å². The lowest BCUT2D eigenvalue weighted by atomic mass is 10.0. The van der Waals surface area contributed by atoms with Crippen LogP contribution in [0, 0.1) is 22.5 Å². The molecule has 1 aromatic rings. The van der Waals surface area contributed by atoms with Gasteiger partial charge in [-0.15, -0.1) is 6.42 Å². The highest BCUT2D eigenvalue weighted by Gasteiger charge is 2.30. The molecule has 4 nitrogen and oxygen atoms in total. The second-order valence-corrected chi connectivity index (χ2v) is 3.79. The fraction of sp³-hybridized carbons (Fsp3) is 0.333. The monoisotopic (exact) mass is 217 g/mol. The molecule has 2 rings (SSSR count). The molecular weight excluding hydrogens is 206 g/mol. The molecule has 1 aromatic carbocycles. The van der Waals surface area contributed by atoms with Crippen LogP contribution in [0.1, 0.15) is 29.9 Å². The highest BCUT2D eigenvalue weighted by Crippen LogP contribution is 2.46. The van der Waals surface area contributed by atoms with E-state index in [0.29, 0.717) is 17.2 Å². The number of nitrogens with zero attached hydrogens (tertiary/aromatic N) is 1. The lowest BCUT2D eigenvalue weighted by Gasteiger charge is -2.09. The molecule has 0 atom stereocenters. The number of ether oxygens (including phenoxy) is 1. The molecule has 1 saturated carbocycles. The SMILES string of the molecule is C#Cc1cc([N+](=O)[O-])cc(C2CC2)c1OC. The second-order valence-electron chi connectivity index (χ2n) is 3.79. The van der Waals surface area contributed by atoms with Crippen LogP contribution in [0.25, 0.3) is 0 Å². The average molecular weight is 217 g/mol. The van der Waals surface area contributed by atoms with Gasteiger partial charge in [-0.2, -0.15) is 0 Å². The third-order valence-corrected chi connectivity index (χ3v) is 2.69. The minimum absolute atomic E-state index is 0.0376. The van der Waals surface area contributed by atoms with Gasteiger partial charge >= 0.3 is 0 Å². The Hall–Kier alpha value is -2.02. The molecule has 0 radical (unpaired) electrons. The Morgan fingerprint density at radius 3 is 2.69 bits per heavy atom. The summed E-state index contributed by atoms with van der Waals surface area (Å²) in [4.78, 5) is 10.3. The Morgan fingerprint density at radius 2 is 2.25 bits per heavy atom. The topological polar surface area (TPSA) is 52.4 Å². The summed E-state index contributed by atoms with van der Waals surface area (Å²) < 4.78 is 5.24. The van der Waals surface area contributed by atoms with Gasteiger partial charge in [0.1, 0.15) is 5.75 Å². The predicted octanol–water partition coefficient (Wildman–Crippen LogP) is 2.46. The van der Waals surface area contributed by atoms with Crippen molar-refractivity contribution in [2.24, 2.45) is 0 Å². The highest BCUT2D eigenvalue weighted by molar-refractivity contribution is 5.58. The maximum atomic E-state index is 10.8. The number of benzene rings is 1. The van der Waals surface area contributed by atoms with E-state index in [0.717, 1.165) is 18.4 Å². The van der Waals surface area contributed by atoms with Gasteiger partial charge in [0.25, 0.3) is 5.69 Å². The number of nitro benzene ring substituents is 1. The van der Waals surface area contributed by atoms with Crippen LogP contribution in [0.4, 0.5) is 5.69 Å². The average Bonchev–Trinajstić information content (AvgIpc) is 3.10. The van der Waals surface area contributed by atoms with Crippen molar-refractivity contribution in [1.29, 1.82) is 0 Å². The van der Waals surface area contributed by atoms with Crippen molar-refractivity contribution < 1.29 is 9.66 Å². The normalized spacial score (nSPS) is 14.2. The minimum atomic E-state index is -0.424. The standard InChI is InChI=1S/C12H11NO3/c1-3-8-6-10(13(14)15)7-11(9-4-5-9)12(8)16-2/h1,6-7,9H,4-5H2,2H3. The fourth-order valence-electron chi connectivity index (χ4n) is 1.77. The summed E-state index contributed by atoms with van der Waals surface area (Å²) in [5.41, 5.74) is 1.36. The van der Waals surface area contributed by atoms with E-state index in [9.17, 15) is 10.1 Å². The van der Waals surface area contributed by atoms with Gasteiger partial charge < -0.3 is 4.74 Å². The lowest BCUT2D eigenvalue weighted by molar-refractivity contribution is -0.385. The first kappa shape index (κ1) is 10.5. The molecule has 4 heteroatoms. The largest absolute Gasteiger partial charge is 0.495 e. The molecule has 0 N–H and O–H groups in total. The predicted molar refractivity (Wildman–Crippen MR) is 59.6 cm³/mol. The molecule has 0 aromatic heterocycles. The molecule has 0 amide bonds. The van der Waals surface area contributed by atoms with Gasteiger partial charge in [-0.05, 0) is 18.8 Å². The number of methoxy groups -OCH3 is 1. The number of terminal acetylenes is 1. The first-order valence-corrected chi connectivity index (χ1v) is 5.00. The molecule has 82 valence electrons. The van der Waals surface area contributed by atoms with Gasteiger partial charge in [-0.1, -0.05) is 5.92 Å². The Morgan fingerprint density at radius 1 is 1.56 bits per heavy atom. The van der Waals surface area contributed by atoms with E-state index in [1.807, 2.05) is 0 Å². The summed E-state index contributed by atoms with van der Waals surface area (Å²) in [6.45, 7) is 0. The van der Waals surface area contributed by atoms with E-state index in [4.69, 9.17) is 11.2 Å². The van der Waals surface area contributed by atoms with Crippen molar-refractivity contribution in [3.05, 3.63) is 33.4 Å². The summed E-state index contributed by atoms with van der Waals surface area (Å²) in [6.07, 6.45) is 7.42. The number of hydrogen-bond acceptors (Lipinski definition) is 3. The summed E-state index contributed by atoms with van der Waals surface area (Å²) in [6, 6.07) is 2.95. The zero-order valence-corrected chi connectivity index (χ0v) is 8.90. The van der Waals surface area contributed by atoms with Crippen LogP contribution >= 0.6 is 0 Å². The van der Waals surface area contributed by atoms with Crippen molar-refractivity contribution in [2.75, 3.05) is 7.11 Å². The fourth-order valence-corrected chi connectivity index (χ4v) is 1.77. The zero-order valence-electron chi connectivity index (χ0n) is 8.90. The first-order valence-electron chi connectivity index (χ1n) is 5.00. The molecule has 0 heterocycles. The van der Waals surface area contributed by atoms with Gasteiger partial charge in [0.05, 0.1) is 17.6 Å². The molecule has 16 heavy (non-hydrogen) atoms. The third kappa shape index (κ3) is 1.72. The Balaban J connectivity index is 2.60. The Bertz CT molecular complexity index is 484. The van der Waals surface area contributed by atoms with Crippen LogP contribution in [0.3, 0.4) is 0 Å². The minimum Gasteiger partial charge on any atom is -0.495 e. The molecule has 0 bridgehead atoms. The van der Waals surface area contributed by atoms with Crippen LogP contribution < -0.4 is 4.74 Å². The zero-order chi connectivity index (χ0) is 11.7. The van der Waals surface area contributed by atoms with Crippen LogP contribution in [0.15, 0.2) is 12.1 Å². The number of nitro groups is 1. The van der Waals surface area contributed by atoms with Gasteiger partial charge in [0.15, 0.2) is 0 Å². The van der Waals surface area contributed by atoms with E-state index >= 15 is 0 Å². The Kier molecular flexibility index (Phi) is 2.53. The molecular formula is C12H11NO3. The molecule has 0 saturated heterocycles. The summed E-state index contributed by atoms with van der Waals surface area (Å²) in [5.74, 6) is 3.41. The van der Waals surface area contributed by atoms with Gasteiger partial charge in [-0.25, -0.2) is 0 Å². The molecule has 1 fully saturated rings. The maximum Gasteiger partial charge on any atom is 0.271 e. The quantitative estimate of drug-likeness (QED) is 0.444. The smallest absolute Gasteiger partial charge is 0.271 e. The van der Waals surface area contributed by atoms with Crippen LogP contribution in [-0.4, -0.2) is 12.0 Å². The van der Waals surface area contributed by atoms with E-state index in [1.165, 1.54) is 13.2 Å². The second kappa shape index (κ2) is 3.86. The first-order chi connectivity index (χ1) is 7.67. The van der Waals surface area contributed by atoms with Gasteiger partial charge in [0, 0.05) is 17.7 Å². The van der Waals surface area contributed by atoms with Crippen molar-refractivity contribution in [3.8, 4) is 18.1 Å². The molecule has 0 spiro atoms. The highest BCUT2D eigenvalue weighted by atomic mass is 16.6. The van der Waals surface area contributed by atoms with E-state index < -0.39 is 4.92 Å².